The van der Waals surface area contributed by atoms with Crippen molar-refractivity contribution in [2.24, 2.45) is 5.10 Å². The van der Waals surface area contributed by atoms with Crippen molar-refractivity contribution in [2.75, 3.05) is 0 Å². The average molecular weight is 390 g/mol. The van der Waals surface area contributed by atoms with Crippen molar-refractivity contribution in [3.05, 3.63) is 83.3 Å². The molecule has 0 fully saturated rings. The van der Waals surface area contributed by atoms with Gasteiger partial charge in [0, 0.05) is 0 Å². The summed E-state index contributed by atoms with van der Waals surface area (Å²) in [5.74, 6) is 1.99. The van der Waals surface area contributed by atoms with Gasteiger partial charge in [-0.05, 0) is 57.2 Å². The number of aromatic nitrogens is 5. The van der Waals surface area contributed by atoms with E-state index >= 15 is 0 Å². The molecule has 0 unspecified atom stereocenters. The van der Waals surface area contributed by atoms with Crippen molar-refractivity contribution in [3.8, 4) is 17.3 Å². The largest absolute Gasteiger partial charge is 0.438 e. The van der Waals surface area contributed by atoms with Crippen molar-refractivity contribution in [1.29, 1.82) is 0 Å². The summed E-state index contributed by atoms with van der Waals surface area (Å²) < 4.78 is 22.7. The van der Waals surface area contributed by atoms with Crippen LogP contribution in [0.1, 0.15) is 22.9 Å². The van der Waals surface area contributed by atoms with E-state index in [1.54, 1.807) is 27.7 Å². The third kappa shape index (κ3) is 3.77. The highest BCUT2D eigenvalue weighted by molar-refractivity contribution is 5.84. The van der Waals surface area contributed by atoms with Gasteiger partial charge in [-0.3, -0.25) is 0 Å². The molecule has 0 amide bonds. The molecule has 0 N–H and O–H groups in total. The van der Waals surface area contributed by atoms with E-state index in [2.05, 4.69) is 20.4 Å². The third-order valence-corrected chi connectivity index (χ3v) is 4.35. The van der Waals surface area contributed by atoms with E-state index in [4.69, 9.17) is 4.74 Å². The second kappa shape index (κ2) is 7.67. The van der Waals surface area contributed by atoms with Crippen molar-refractivity contribution >= 4 is 6.21 Å². The molecule has 29 heavy (non-hydrogen) atoms. The van der Waals surface area contributed by atoms with Gasteiger partial charge in [0.1, 0.15) is 11.6 Å². The Hall–Kier alpha value is -3.81. The fourth-order valence-corrected chi connectivity index (χ4v) is 2.87. The maximum atomic E-state index is 13.3. The first-order valence-electron chi connectivity index (χ1n) is 9.04. The van der Waals surface area contributed by atoms with Gasteiger partial charge >= 0.3 is 0 Å². The minimum Gasteiger partial charge on any atom is -0.438 e. The van der Waals surface area contributed by atoms with E-state index in [1.165, 1.54) is 12.1 Å². The van der Waals surface area contributed by atoms with Crippen LogP contribution in [0.3, 0.4) is 0 Å². The maximum absolute atomic E-state index is 13.3. The van der Waals surface area contributed by atoms with Gasteiger partial charge in [0.05, 0.1) is 23.2 Å². The minimum absolute atomic E-state index is 0.328. The molecule has 2 aromatic heterocycles. The number of aryl methyl sites for hydroxylation is 3. The van der Waals surface area contributed by atoms with Crippen LogP contribution in [0.4, 0.5) is 4.39 Å². The molecule has 0 aliphatic heterocycles. The second-order valence-electron chi connectivity index (χ2n) is 6.46. The first-order chi connectivity index (χ1) is 14.0. The summed E-state index contributed by atoms with van der Waals surface area (Å²) in [6.07, 6.45) is 1.67. The van der Waals surface area contributed by atoms with Gasteiger partial charge in [-0.2, -0.15) is 14.9 Å². The van der Waals surface area contributed by atoms with Gasteiger partial charge in [-0.1, -0.05) is 18.2 Å². The number of nitrogens with zero attached hydrogens (tertiary/aromatic N) is 6. The molecule has 0 saturated heterocycles. The highest BCUT2D eigenvalue weighted by atomic mass is 19.1. The lowest BCUT2D eigenvalue weighted by atomic mass is 10.2. The fourth-order valence-electron chi connectivity index (χ4n) is 2.87. The number of para-hydroxylation sites is 1. The van der Waals surface area contributed by atoms with Crippen LogP contribution < -0.4 is 4.74 Å². The lowest BCUT2D eigenvalue weighted by molar-refractivity contribution is 0.442. The number of hydrogen-bond donors (Lipinski definition) is 0. The topological polar surface area (TPSA) is 70.1 Å². The van der Waals surface area contributed by atoms with Crippen LogP contribution in [0.2, 0.25) is 0 Å². The zero-order chi connectivity index (χ0) is 20.4. The van der Waals surface area contributed by atoms with E-state index in [1.807, 2.05) is 51.1 Å². The molecular weight excluding hydrogens is 371 g/mol. The zero-order valence-corrected chi connectivity index (χ0v) is 16.2. The predicted molar refractivity (Wildman–Crippen MR) is 107 cm³/mol. The maximum Gasteiger partial charge on any atom is 0.231 e. The molecule has 0 saturated carbocycles. The molecule has 8 heteroatoms. The van der Waals surface area contributed by atoms with Crippen molar-refractivity contribution in [2.45, 2.75) is 20.8 Å². The molecule has 2 heterocycles. The van der Waals surface area contributed by atoms with Gasteiger partial charge in [-0.25, -0.2) is 9.07 Å². The molecule has 0 aliphatic rings. The summed E-state index contributed by atoms with van der Waals surface area (Å²) in [5, 5.41) is 17.1. The Kier molecular flexibility index (Phi) is 4.90. The Morgan fingerprint density at radius 2 is 1.59 bits per heavy atom. The Morgan fingerprint density at radius 1 is 0.931 bits per heavy atom. The number of hydrogen-bond acceptors (Lipinski definition) is 5. The molecule has 4 aromatic rings. The molecule has 0 radical (unpaired) electrons. The minimum atomic E-state index is -0.328. The lowest BCUT2D eigenvalue weighted by Gasteiger charge is -2.10. The summed E-state index contributed by atoms with van der Waals surface area (Å²) in [4.78, 5) is 0. The van der Waals surface area contributed by atoms with Crippen molar-refractivity contribution < 1.29 is 9.13 Å². The second-order valence-corrected chi connectivity index (χ2v) is 6.46. The predicted octanol–water partition coefficient (Wildman–Crippen LogP) is 4.20. The quantitative estimate of drug-likeness (QED) is 0.479. The molecule has 146 valence electrons. The Balaban J connectivity index is 1.81. The standard InChI is InChI=1S/C21H19FN6O/c1-14-20(13-23-27-15(2)24-25-16(27)3)21(29-19-11-9-17(22)10-12-19)28(26-14)18-7-5-4-6-8-18/h4-13H,1-3H3/b23-13+. The highest BCUT2D eigenvalue weighted by Crippen LogP contribution is 2.29. The Bertz CT molecular complexity index is 1140. The fraction of sp³-hybridized carbons (Fsp3) is 0.143. The normalized spacial score (nSPS) is 11.3. The van der Waals surface area contributed by atoms with Crippen LogP contribution in [0.5, 0.6) is 11.6 Å². The van der Waals surface area contributed by atoms with E-state index < -0.39 is 0 Å². The number of rotatable bonds is 5. The molecule has 2 aromatic carbocycles. The van der Waals surface area contributed by atoms with Gasteiger partial charge in [0.2, 0.25) is 5.88 Å². The third-order valence-electron chi connectivity index (χ3n) is 4.35. The van der Waals surface area contributed by atoms with E-state index in [-0.39, 0.29) is 5.82 Å². The van der Waals surface area contributed by atoms with Crippen LogP contribution in [0.25, 0.3) is 5.69 Å². The summed E-state index contributed by atoms with van der Waals surface area (Å²) in [6.45, 7) is 5.53. The van der Waals surface area contributed by atoms with Crippen LogP contribution in [0.15, 0.2) is 59.7 Å². The Labute approximate surface area is 167 Å². The average Bonchev–Trinajstić information content (AvgIpc) is 3.21. The van der Waals surface area contributed by atoms with Gasteiger partial charge < -0.3 is 4.74 Å². The molecule has 0 spiro atoms. The molecule has 0 bridgehead atoms. The monoisotopic (exact) mass is 390 g/mol. The van der Waals surface area contributed by atoms with E-state index in [9.17, 15) is 4.39 Å². The first-order valence-corrected chi connectivity index (χ1v) is 9.04. The van der Waals surface area contributed by atoms with Crippen LogP contribution in [-0.4, -0.2) is 30.9 Å². The van der Waals surface area contributed by atoms with E-state index in [0.717, 1.165) is 11.4 Å². The zero-order valence-electron chi connectivity index (χ0n) is 16.2. The summed E-state index contributed by atoms with van der Waals surface area (Å²) >= 11 is 0. The number of ether oxygens (including phenoxy) is 1. The SMILES string of the molecule is Cc1nn(-c2ccccc2)c(Oc2ccc(F)cc2)c1/C=N/n1c(C)nnc1C. The van der Waals surface area contributed by atoms with Gasteiger partial charge in [-0.15, -0.1) is 10.2 Å². The summed E-state index contributed by atoms with van der Waals surface area (Å²) in [5.41, 5.74) is 2.27. The molecular formula is C21H19FN6O. The number of benzene rings is 2. The van der Waals surface area contributed by atoms with Crippen LogP contribution >= 0.6 is 0 Å². The highest BCUT2D eigenvalue weighted by Gasteiger charge is 2.18. The molecule has 7 nitrogen and oxygen atoms in total. The summed E-state index contributed by atoms with van der Waals surface area (Å²) in [7, 11) is 0. The first kappa shape index (κ1) is 18.5. The van der Waals surface area contributed by atoms with Crippen molar-refractivity contribution in [1.82, 2.24) is 24.7 Å². The van der Waals surface area contributed by atoms with E-state index in [0.29, 0.717) is 28.8 Å². The lowest BCUT2D eigenvalue weighted by Crippen LogP contribution is -2.01. The number of halogens is 1. The smallest absolute Gasteiger partial charge is 0.231 e. The van der Waals surface area contributed by atoms with Crippen LogP contribution in [-0.2, 0) is 0 Å². The van der Waals surface area contributed by atoms with Gasteiger partial charge in [0.15, 0.2) is 11.6 Å². The molecule has 0 atom stereocenters. The Morgan fingerprint density at radius 3 is 2.24 bits per heavy atom. The molecule has 4 rings (SSSR count). The van der Waals surface area contributed by atoms with Crippen molar-refractivity contribution in [3.63, 3.8) is 0 Å². The van der Waals surface area contributed by atoms with Gasteiger partial charge in [0.25, 0.3) is 0 Å². The summed E-state index contributed by atoms with van der Waals surface area (Å²) in [6, 6.07) is 15.5. The van der Waals surface area contributed by atoms with Crippen LogP contribution in [0, 0.1) is 26.6 Å². The molecule has 0 aliphatic carbocycles.